The first kappa shape index (κ1) is 11.5. The molecule has 0 fully saturated rings. The Balaban J connectivity index is 2.78. The van der Waals surface area contributed by atoms with Crippen LogP contribution in [-0.2, 0) is 0 Å². The number of ether oxygens (including phenoxy) is 1. The Morgan fingerprint density at radius 2 is 2.14 bits per heavy atom. The van der Waals surface area contributed by atoms with Crippen molar-refractivity contribution in [3.8, 4) is 5.19 Å². The molecule has 1 rings (SSSR count). The number of thiazole rings is 1. The molecule has 0 aliphatic carbocycles. The van der Waals surface area contributed by atoms with E-state index < -0.39 is 0 Å². The van der Waals surface area contributed by atoms with E-state index in [2.05, 4.69) is 18.8 Å². The molecule has 0 aliphatic heterocycles. The van der Waals surface area contributed by atoms with Gasteiger partial charge in [-0.3, -0.25) is 0 Å². The first-order valence-electron chi connectivity index (χ1n) is 4.81. The highest BCUT2D eigenvalue weighted by Crippen LogP contribution is 2.31. The van der Waals surface area contributed by atoms with Gasteiger partial charge >= 0.3 is 0 Å². The summed E-state index contributed by atoms with van der Waals surface area (Å²) < 4.78 is 5.08. The molecule has 0 saturated heterocycles. The number of nitrogens with zero attached hydrogens (tertiary/aromatic N) is 1. The average molecular weight is 214 g/mol. The lowest BCUT2D eigenvalue weighted by molar-refractivity contribution is 0.411. The van der Waals surface area contributed by atoms with Gasteiger partial charge in [0.15, 0.2) is 0 Å². The number of hydrogen-bond acceptors (Lipinski definition) is 4. The van der Waals surface area contributed by atoms with E-state index in [1.54, 1.807) is 18.4 Å². The van der Waals surface area contributed by atoms with Crippen LogP contribution in [0.5, 0.6) is 5.19 Å². The normalized spacial score (nSPS) is 13.3. The molecular weight excluding hydrogens is 196 g/mol. The summed E-state index contributed by atoms with van der Waals surface area (Å²) in [7, 11) is 1.63. The predicted molar refractivity (Wildman–Crippen MR) is 59.8 cm³/mol. The van der Waals surface area contributed by atoms with E-state index in [1.165, 1.54) is 0 Å². The van der Waals surface area contributed by atoms with Crippen LogP contribution in [0, 0.1) is 12.8 Å². The minimum absolute atomic E-state index is 0.0939. The van der Waals surface area contributed by atoms with Crippen molar-refractivity contribution in [1.29, 1.82) is 0 Å². The second-order valence-electron chi connectivity index (χ2n) is 3.87. The quantitative estimate of drug-likeness (QED) is 0.837. The lowest BCUT2D eigenvalue weighted by Gasteiger charge is -2.12. The van der Waals surface area contributed by atoms with E-state index in [-0.39, 0.29) is 6.04 Å². The average Bonchev–Trinajstić information content (AvgIpc) is 2.45. The Bertz CT molecular complexity index is 296. The Hall–Kier alpha value is -0.610. The molecule has 1 heterocycles. The lowest BCUT2D eigenvalue weighted by atomic mass is 10.0. The van der Waals surface area contributed by atoms with Gasteiger partial charge in [0.05, 0.1) is 12.8 Å². The third-order valence-electron chi connectivity index (χ3n) is 2.05. The van der Waals surface area contributed by atoms with Crippen molar-refractivity contribution in [2.45, 2.75) is 33.2 Å². The van der Waals surface area contributed by atoms with Gasteiger partial charge in [-0.15, -0.1) is 0 Å². The van der Waals surface area contributed by atoms with E-state index in [9.17, 15) is 0 Å². The fraction of sp³-hybridized carbons (Fsp3) is 0.700. The minimum Gasteiger partial charge on any atom is -0.473 e. The van der Waals surface area contributed by atoms with Gasteiger partial charge in [-0.2, -0.15) is 0 Å². The van der Waals surface area contributed by atoms with Gasteiger partial charge in [0, 0.05) is 10.9 Å². The van der Waals surface area contributed by atoms with Crippen LogP contribution in [0.4, 0.5) is 0 Å². The fourth-order valence-corrected chi connectivity index (χ4v) is 2.32. The molecule has 14 heavy (non-hydrogen) atoms. The van der Waals surface area contributed by atoms with E-state index in [4.69, 9.17) is 10.5 Å². The van der Waals surface area contributed by atoms with Gasteiger partial charge in [0.2, 0.25) is 0 Å². The predicted octanol–water partition coefficient (Wildman–Crippen LogP) is 2.51. The smallest absolute Gasteiger partial charge is 0.273 e. The molecule has 0 radical (unpaired) electrons. The standard InChI is InChI=1S/C10H18N2OS/c1-6(2)5-8(11)9-7(3)12-10(13-4)14-9/h6,8H,5,11H2,1-4H3. The van der Waals surface area contributed by atoms with Crippen molar-refractivity contribution < 1.29 is 4.74 Å². The fourth-order valence-electron chi connectivity index (χ4n) is 1.43. The lowest BCUT2D eigenvalue weighted by Crippen LogP contribution is -2.12. The zero-order valence-corrected chi connectivity index (χ0v) is 10.0. The SMILES string of the molecule is COc1nc(C)c(C(N)CC(C)C)s1. The number of aryl methyl sites for hydroxylation is 1. The van der Waals surface area contributed by atoms with Crippen molar-refractivity contribution in [2.24, 2.45) is 11.7 Å². The maximum Gasteiger partial charge on any atom is 0.273 e. The summed E-state index contributed by atoms with van der Waals surface area (Å²) in [5, 5.41) is 0.705. The van der Waals surface area contributed by atoms with Crippen LogP contribution in [-0.4, -0.2) is 12.1 Å². The monoisotopic (exact) mass is 214 g/mol. The van der Waals surface area contributed by atoms with Crippen molar-refractivity contribution >= 4 is 11.3 Å². The van der Waals surface area contributed by atoms with Crippen LogP contribution in [0.15, 0.2) is 0 Å². The number of aromatic nitrogens is 1. The molecule has 1 atom stereocenters. The molecule has 0 amide bonds. The molecular formula is C10H18N2OS. The number of methoxy groups -OCH3 is 1. The number of rotatable bonds is 4. The third kappa shape index (κ3) is 2.69. The Morgan fingerprint density at radius 1 is 1.50 bits per heavy atom. The number of hydrogen-bond donors (Lipinski definition) is 1. The van der Waals surface area contributed by atoms with Crippen molar-refractivity contribution in [1.82, 2.24) is 4.98 Å². The van der Waals surface area contributed by atoms with Crippen LogP contribution in [0.3, 0.4) is 0 Å². The second kappa shape index (κ2) is 4.75. The van der Waals surface area contributed by atoms with Gasteiger partial charge in [0.1, 0.15) is 0 Å². The summed E-state index contributed by atoms with van der Waals surface area (Å²) in [6.07, 6.45) is 0.992. The van der Waals surface area contributed by atoms with Crippen molar-refractivity contribution in [2.75, 3.05) is 7.11 Å². The Kier molecular flexibility index (Phi) is 3.89. The van der Waals surface area contributed by atoms with Crippen LogP contribution in [0.25, 0.3) is 0 Å². The molecule has 1 aromatic heterocycles. The summed E-state index contributed by atoms with van der Waals surface area (Å²) >= 11 is 1.55. The van der Waals surface area contributed by atoms with Gasteiger partial charge in [0.25, 0.3) is 5.19 Å². The maximum atomic E-state index is 6.08. The molecule has 1 unspecified atom stereocenters. The molecule has 1 aromatic rings. The summed E-state index contributed by atoms with van der Waals surface area (Å²) in [4.78, 5) is 5.42. The van der Waals surface area contributed by atoms with Crippen LogP contribution in [0.2, 0.25) is 0 Å². The highest BCUT2D eigenvalue weighted by Gasteiger charge is 2.15. The third-order valence-corrected chi connectivity index (χ3v) is 3.30. The molecule has 0 saturated carbocycles. The molecule has 4 heteroatoms. The van der Waals surface area contributed by atoms with E-state index in [1.807, 2.05) is 6.92 Å². The van der Waals surface area contributed by atoms with E-state index >= 15 is 0 Å². The summed E-state index contributed by atoms with van der Waals surface area (Å²) in [5.74, 6) is 0.609. The Labute approximate surface area is 89.3 Å². The minimum atomic E-state index is 0.0939. The van der Waals surface area contributed by atoms with Crippen molar-refractivity contribution in [3.63, 3.8) is 0 Å². The first-order chi connectivity index (χ1) is 6.54. The van der Waals surface area contributed by atoms with Gasteiger partial charge in [-0.25, -0.2) is 4.98 Å². The molecule has 2 N–H and O–H groups in total. The Morgan fingerprint density at radius 3 is 2.57 bits per heavy atom. The molecule has 0 aromatic carbocycles. The molecule has 3 nitrogen and oxygen atoms in total. The maximum absolute atomic E-state index is 6.08. The summed E-state index contributed by atoms with van der Waals surface area (Å²) in [6, 6.07) is 0.0939. The van der Waals surface area contributed by atoms with Crippen molar-refractivity contribution in [3.05, 3.63) is 10.6 Å². The van der Waals surface area contributed by atoms with Gasteiger partial charge in [-0.05, 0) is 19.3 Å². The van der Waals surface area contributed by atoms with E-state index in [0.717, 1.165) is 17.0 Å². The van der Waals surface area contributed by atoms with Crippen LogP contribution >= 0.6 is 11.3 Å². The van der Waals surface area contributed by atoms with Crippen LogP contribution in [0.1, 0.15) is 36.9 Å². The second-order valence-corrected chi connectivity index (χ2v) is 4.86. The molecule has 0 spiro atoms. The zero-order valence-electron chi connectivity index (χ0n) is 9.20. The van der Waals surface area contributed by atoms with Crippen LogP contribution < -0.4 is 10.5 Å². The highest BCUT2D eigenvalue weighted by atomic mass is 32.1. The first-order valence-corrected chi connectivity index (χ1v) is 5.63. The highest BCUT2D eigenvalue weighted by molar-refractivity contribution is 7.13. The number of nitrogens with two attached hydrogens (primary N) is 1. The largest absolute Gasteiger partial charge is 0.473 e. The molecule has 80 valence electrons. The summed E-state index contributed by atoms with van der Waals surface area (Å²) in [6.45, 7) is 6.33. The molecule has 0 bridgehead atoms. The van der Waals surface area contributed by atoms with E-state index in [0.29, 0.717) is 11.1 Å². The molecule has 0 aliphatic rings. The topological polar surface area (TPSA) is 48.1 Å². The summed E-state index contributed by atoms with van der Waals surface area (Å²) in [5.41, 5.74) is 7.08. The van der Waals surface area contributed by atoms with Gasteiger partial charge in [-0.1, -0.05) is 25.2 Å². The zero-order chi connectivity index (χ0) is 10.7. The van der Waals surface area contributed by atoms with Gasteiger partial charge < -0.3 is 10.5 Å².